The first-order chi connectivity index (χ1) is 17.4. The Balaban J connectivity index is 1.78. The summed E-state index contributed by atoms with van der Waals surface area (Å²) in [7, 11) is 1.54. The van der Waals surface area contributed by atoms with Crippen molar-refractivity contribution in [3.05, 3.63) is 116 Å². The van der Waals surface area contributed by atoms with Crippen molar-refractivity contribution in [3.63, 3.8) is 0 Å². The van der Waals surface area contributed by atoms with Gasteiger partial charge in [0.25, 0.3) is 11.5 Å². The number of pyridine rings is 1. The largest absolute Gasteiger partial charge is 0.497 e. The van der Waals surface area contributed by atoms with Gasteiger partial charge in [-0.25, -0.2) is 4.79 Å². The number of carbonyl (C=O) groups is 1. The van der Waals surface area contributed by atoms with Gasteiger partial charge in [0.15, 0.2) is 0 Å². The molecule has 1 amide bonds. The Hall–Kier alpha value is -4.53. The Labute approximate surface area is 208 Å². The molecule has 0 aliphatic carbocycles. The van der Waals surface area contributed by atoms with Gasteiger partial charge >= 0.3 is 5.69 Å². The van der Waals surface area contributed by atoms with Crippen LogP contribution in [0.25, 0.3) is 5.69 Å². The summed E-state index contributed by atoms with van der Waals surface area (Å²) in [6, 6.07) is 19.7. The Kier molecular flexibility index (Phi) is 7.39. The van der Waals surface area contributed by atoms with Gasteiger partial charge in [-0.3, -0.25) is 19.1 Å². The lowest BCUT2D eigenvalue weighted by Gasteiger charge is -2.13. The van der Waals surface area contributed by atoms with Crippen molar-refractivity contribution in [2.75, 3.05) is 7.11 Å². The monoisotopic (exact) mass is 485 g/mol. The van der Waals surface area contributed by atoms with Crippen LogP contribution in [-0.2, 0) is 13.1 Å². The Morgan fingerprint density at radius 3 is 2.47 bits per heavy atom. The molecule has 2 aromatic heterocycles. The molecule has 0 aliphatic rings. The zero-order valence-electron chi connectivity index (χ0n) is 20.3. The van der Waals surface area contributed by atoms with Crippen molar-refractivity contribution in [3.8, 4) is 11.4 Å². The third kappa shape index (κ3) is 5.41. The van der Waals surface area contributed by atoms with Crippen molar-refractivity contribution >= 4 is 5.91 Å². The molecule has 0 bridgehead atoms. The molecule has 4 rings (SSSR count). The number of hydrogen-bond acceptors (Lipinski definition) is 6. The van der Waals surface area contributed by atoms with Gasteiger partial charge in [0.2, 0.25) is 5.69 Å². The molecule has 184 valence electrons. The third-order valence-electron chi connectivity index (χ3n) is 5.71. The number of nitrogens with zero attached hydrogens (tertiary/aromatic N) is 4. The van der Waals surface area contributed by atoms with E-state index in [4.69, 9.17) is 4.74 Å². The first kappa shape index (κ1) is 24.6. The number of nitrogens with one attached hydrogen (secondary N) is 1. The van der Waals surface area contributed by atoms with Crippen LogP contribution in [0.1, 0.15) is 47.1 Å². The minimum atomic E-state index is -0.781. The van der Waals surface area contributed by atoms with Gasteiger partial charge in [0, 0.05) is 6.20 Å². The van der Waals surface area contributed by atoms with E-state index in [-0.39, 0.29) is 18.8 Å². The lowest BCUT2D eigenvalue weighted by Crippen LogP contribution is -2.46. The van der Waals surface area contributed by atoms with Crippen LogP contribution in [0.2, 0.25) is 0 Å². The molecule has 4 aromatic rings. The summed E-state index contributed by atoms with van der Waals surface area (Å²) in [5.74, 6) is 0.198. The van der Waals surface area contributed by atoms with Crippen LogP contribution in [0.5, 0.6) is 5.75 Å². The SMILES string of the molecule is COc1cccc(Cn2c(=O)c(C(=O)NCc3ccccn3)nn(-c3ccc(C(C)C)cc3)c2=O)c1. The quantitative estimate of drug-likeness (QED) is 0.411. The topological polar surface area (TPSA) is 108 Å². The molecular formula is C27H27N5O4. The maximum atomic E-state index is 13.4. The summed E-state index contributed by atoms with van der Waals surface area (Å²) >= 11 is 0. The number of rotatable bonds is 8. The van der Waals surface area contributed by atoms with Crippen LogP contribution < -0.4 is 21.3 Å². The molecule has 36 heavy (non-hydrogen) atoms. The van der Waals surface area contributed by atoms with E-state index in [0.717, 1.165) is 14.8 Å². The van der Waals surface area contributed by atoms with Gasteiger partial charge < -0.3 is 10.1 Å². The Bertz CT molecular complexity index is 1480. The molecule has 0 saturated heterocycles. The number of amides is 1. The molecule has 9 heteroatoms. The van der Waals surface area contributed by atoms with E-state index in [2.05, 4.69) is 29.2 Å². The zero-order valence-corrected chi connectivity index (χ0v) is 20.3. The second-order valence-electron chi connectivity index (χ2n) is 8.54. The average molecular weight is 486 g/mol. The van der Waals surface area contributed by atoms with E-state index < -0.39 is 17.2 Å². The molecule has 9 nitrogen and oxygen atoms in total. The second kappa shape index (κ2) is 10.8. The van der Waals surface area contributed by atoms with Crippen molar-refractivity contribution < 1.29 is 9.53 Å². The molecule has 0 saturated carbocycles. The van der Waals surface area contributed by atoms with E-state index in [1.54, 1.807) is 60.8 Å². The lowest BCUT2D eigenvalue weighted by molar-refractivity contribution is 0.0940. The van der Waals surface area contributed by atoms with E-state index in [1.807, 2.05) is 12.1 Å². The summed E-state index contributed by atoms with van der Waals surface area (Å²) < 4.78 is 7.35. The highest BCUT2D eigenvalue weighted by molar-refractivity contribution is 5.91. The lowest BCUT2D eigenvalue weighted by atomic mass is 10.0. The van der Waals surface area contributed by atoms with Gasteiger partial charge in [0.05, 0.1) is 31.6 Å². The highest BCUT2D eigenvalue weighted by Crippen LogP contribution is 2.16. The molecule has 0 unspecified atom stereocenters. The summed E-state index contributed by atoms with van der Waals surface area (Å²) in [5.41, 5.74) is 1.01. The molecule has 0 atom stereocenters. The van der Waals surface area contributed by atoms with E-state index in [9.17, 15) is 14.4 Å². The molecule has 0 spiro atoms. The smallest absolute Gasteiger partial charge is 0.352 e. The third-order valence-corrected chi connectivity index (χ3v) is 5.71. The van der Waals surface area contributed by atoms with Gasteiger partial charge in [-0.2, -0.15) is 9.78 Å². The zero-order chi connectivity index (χ0) is 25.7. The van der Waals surface area contributed by atoms with Crippen LogP contribution in [0.15, 0.2) is 82.5 Å². The van der Waals surface area contributed by atoms with Crippen molar-refractivity contribution in [2.24, 2.45) is 0 Å². The number of ether oxygens (including phenoxy) is 1. The fourth-order valence-electron chi connectivity index (χ4n) is 3.68. The maximum absolute atomic E-state index is 13.4. The molecule has 0 aliphatic heterocycles. The normalized spacial score (nSPS) is 10.9. The van der Waals surface area contributed by atoms with Crippen LogP contribution in [0.3, 0.4) is 0 Å². The fourth-order valence-corrected chi connectivity index (χ4v) is 3.68. The highest BCUT2D eigenvalue weighted by Gasteiger charge is 2.21. The molecule has 0 radical (unpaired) electrons. The predicted molar refractivity (Wildman–Crippen MR) is 136 cm³/mol. The van der Waals surface area contributed by atoms with Gasteiger partial charge in [-0.15, -0.1) is 0 Å². The van der Waals surface area contributed by atoms with E-state index >= 15 is 0 Å². The van der Waals surface area contributed by atoms with Crippen molar-refractivity contribution in [1.82, 2.24) is 24.6 Å². The van der Waals surface area contributed by atoms with Gasteiger partial charge in [-0.05, 0) is 53.4 Å². The number of carbonyl (C=O) groups excluding carboxylic acids is 1. The molecule has 1 N–H and O–H groups in total. The molecule has 2 aromatic carbocycles. The predicted octanol–water partition coefficient (Wildman–Crippen LogP) is 2.90. The first-order valence-electron chi connectivity index (χ1n) is 11.5. The highest BCUT2D eigenvalue weighted by atomic mass is 16.5. The van der Waals surface area contributed by atoms with Crippen LogP contribution in [-0.4, -0.2) is 32.3 Å². The van der Waals surface area contributed by atoms with Gasteiger partial charge in [-0.1, -0.05) is 44.2 Å². The maximum Gasteiger partial charge on any atom is 0.352 e. The molecule has 0 fully saturated rings. The number of aromatic nitrogens is 4. The number of benzene rings is 2. The summed E-state index contributed by atoms with van der Waals surface area (Å²) in [6.45, 7) is 4.19. The average Bonchev–Trinajstić information content (AvgIpc) is 2.90. The van der Waals surface area contributed by atoms with E-state index in [0.29, 0.717) is 28.6 Å². The van der Waals surface area contributed by atoms with Crippen LogP contribution in [0, 0.1) is 0 Å². The molecular weight excluding hydrogens is 458 g/mol. The van der Waals surface area contributed by atoms with Crippen LogP contribution in [0.4, 0.5) is 0 Å². The first-order valence-corrected chi connectivity index (χ1v) is 11.5. The minimum absolute atomic E-state index is 0.0536. The fraction of sp³-hybridized carbons (Fsp3) is 0.222. The number of methoxy groups -OCH3 is 1. The van der Waals surface area contributed by atoms with Crippen molar-refractivity contribution in [1.29, 1.82) is 0 Å². The minimum Gasteiger partial charge on any atom is -0.497 e. The molecule has 2 heterocycles. The second-order valence-corrected chi connectivity index (χ2v) is 8.54. The van der Waals surface area contributed by atoms with E-state index in [1.165, 1.54) is 7.11 Å². The summed E-state index contributed by atoms with van der Waals surface area (Å²) in [4.78, 5) is 43.9. The number of hydrogen-bond donors (Lipinski definition) is 1. The standard InChI is InChI=1S/C27H27N5O4/c1-18(2)20-10-12-22(13-11-20)32-27(35)31(17-19-7-6-9-23(15-19)36-3)26(34)24(30-32)25(33)29-16-21-8-4-5-14-28-21/h4-15,18H,16-17H2,1-3H3,(H,29,33). The Morgan fingerprint density at radius 2 is 1.81 bits per heavy atom. The van der Waals surface area contributed by atoms with Gasteiger partial charge in [0.1, 0.15) is 5.75 Å². The summed E-state index contributed by atoms with van der Waals surface area (Å²) in [6.07, 6.45) is 1.61. The van der Waals surface area contributed by atoms with Crippen LogP contribution >= 0.6 is 0 Å². The Morgan fingerprint density at radius 1 is 1.03 bits per heavy atom. The van der Waals surface area contributed by atoms with Crippen molar-refractivity contribution in [2.45, 2.75) is 32.9 Å². The summed E-state index contributed by atoms with van der Waals surface area (Å²) in [5, 5.41) is 6.85.